The fraction of sp³-hybridized carbons (Fsp3) is 0.536. The predicted molar refractivity (Wildman–Crippen MR) is 131 cm³/mol. The summed E-state index contributed by atoms with van der Waals surface area (Å²) in [6.45, 7) is 3.58. The van der Waals surface area contributed by atoms with Crippen LogP contribution in [0, 0.1) is 17.6 Å². The number of para-hydroxylation sites is 1. The molecule has 2 heterocycles. The SMILES string of the molecule is O=C(C1CCCCC1)C(C1CCc2ccccc2N1)N1CCN(Cc2ccc(F)cc2F)CC1. The maximum atomic E-state index is 14.2. The summed E-state index contributed by atoms with van der Waals surface area (Å²) in [5, 5.41) is 3.72. The number of aryl methyl sites for hydroxylation is 1. The summed E-state index contributed by atoms with van der Waals surface area (Å²) >= 11 is 0. The molecule has 0 spiro atoms. The summed E-state index contributed by atoms with van der Waals surface area (Å²) in [7, 11) is 0. The lowest BCUT2D eigenvalue weighted by atomic mass is 9.80. The first-order valence-corrected chi connectivity index (χ1v) is 12.9. The zero-order chi connectivity index (χ0) is 23.5. The third-order valence-electron chi connectivity index (χ3n) is 7.97. The molecule has 2 aromatic carbocycles. The summed E-state index contributed by atoms with van der Waals surface area (Å²) in [6, 6.07) is 12.2. The van der Waals surface area contributed by atoms with E-state index in [1.807, 2.05) is 0 Å². The molecule has 5 rings (SSSR count). The van der Waals surface area contributed by atoms with Crippen molar-refractivity contribution in [2.45, 2.75) is 63.6 Å². The quantitative estimate of drug-likeness (QED) is 0.647. The lowest BCUT2D eigenvalue weighted by molar-refractivity contribution is -0.130. The molecule has 1 aliphatic carbocycles. The first-order valence-electron chi connectivity index (χ1n) is 12.9. The van der Waals surface area contributed by atoms with Gasteiger partial charge in [0.1, 0.15) is 11.6 Å². The molecule has 2 aliphatic heterocycles. The number of fused-ring (bicyclic) bond motifs is 1. The molecule has 6 heteroatoms. The van der Waals surface area contributed by atoms with Gasteiger partial charge in [-0.2, -0.15) is 0 Å². The van der Waals surface area contributed by atoms with E-state index in [4.69, 9.17) is 0 Å². The monoisotopic (exact) mass is 467 g/mol. The Morgan fingerprint density at radius 1 is 0.971 bits per heavy atom. The van der Waals surface area contributed by atoms with Gasteiger partial charge in [-0.05, 0) is 43.4 Å². The molecule has 4 nitrogen and oxygen atoms in total. The lowest BCUT2D eigenvalue weighted by Crippen LogP contribution is -2.59. The van der Waals surface area contributed by atoms with Crippen molar-refractivity contribution in [1.29, 1.82) is 0 Å². The third kappa shape index (κ3) is 5.18. The molecule has 2 fully saturated rings. The van der Waals surface area contributed by atoms with Crippen LogP contribution in [-0.2, 0) is 17.8 Å². The van der Waals surface area contributed by atoms with Crippen LogP contribution in [0.3, 0.4) is 0 Å². The highest BCUT2D eigenvalue weighted by Crippen LogP contribution is 2.32. The van der Waals surface area contributed by atoms with Crippen molar-refractivity contribution >= 4 is 11.5 Å². The van der Waals surface area contributed by atoms with Crippen molar-refractivity contribution in [3.8, 4) is 0 Å². The van der Waals surface area contributed by atoms with E-state index >= 15 is 0 Å². The molecule has 182 valence electrons. The zero-order valence-corrected chi connectivity index (χ0v) is 19.8. The van der Waals surface area contributed by atoms with E-state index in [-0.39, 0.29) is 18.0 Å². The second-order valence-corrected chi connectivity index (χ2v) is 10.2. The Bertz CT molecular complexity index is 999. The molecule has 0 bridgehead atoms. The number of nitrogens with one attached hydrogen (secondary N) is 1. The third-order valence-corrected chi connectivity index (χ3v) is 7.97. The highest BCUT2D eigenvalue weighted by molar-refractivity contribution is 5.88. The minimum atomic E-state index is -0.545. The second-order valence-electron chi connectivity index (χ2n) is 10.2. The molecule has 0 radical (unpaired) electrons. The number of ketones is 1. The van der Waals surface area contributed by atoms with Crippen LogP contribution in [0.25, 0.3) is 0 Å². The molecule has 2 atom stereocenters. The van der Waals surface area contributed by atoms with Crippen LogP contribution in [0.2, 0.25) is 0 Å². The fourth-order valence-electron chi connectivity index (χ4n) is 6.05. The number of hydrogen-bond donors (Lipinski definition) is 1. The number of carbonyl (C=O) groups excluding carboxylic acids is 1. The molecule has 34 heavy (non-hydrogen) atoms. The van der Waals surface area contributed by atoms with Crippen molar-refractivity contribution in [3.63, 3.8) is 0 Å². The Balaban J connectivity index is 1.29. The van der Waals surface area contributed by atoms with E-state index in [0.29, 0.717) is 17.9 Å². The van der Waals surface area contributed by atoms with Crippen LogP contribution in [0.15, 0.2) is 42.5 Å². The Morgan fingerprint density at radius 3 is 2.50 bits per heavy atom. The number of benzene rings is 2. The van der Waals surface area contributed by atoms with Gasteiger partial charge in [-0.15, -0.1) is 0 Å². The van der Waals surface area contributed by atoms with Gasteiger partial charge in [0, 0.05) is 62.0 Å². The number of hydrogen-bond acceptors (Lipinski definition) is 4. The van der Waals surface area contributed by atoms with Crippen LogP contribution < -0.4 is 5.32 Å². The highest BCUT2D eigenvalue weighted by atomic mass is 19.1. The van der Waals surface area contributed by atoms with Gasteiger partial charge in [0.05, 0.1) is 6.04 Å². The molecule has 2 aromatic rings. The van der Waals surface area contributed by atoms with Gasteiger partial charge in [-0.1, -0.05) is 43.5 Å². The maximum absolute atomic E-state index is 14.2. The first-order chi connectivity index (χ1) is 16.6. The molecule has 0 aromatic heterocycles. The number of halogens is 2. The second kappa shape index (κ2) is 10.5. The molecular weight excluding hydrogens is 432 g/mol. The minimum absolute atomic E-state index is 0.116. The summed E-state index contributed by atoms with van der Waals surface area (Å²) in [6.07, 6.45) is 7.53. The van der Waals surface area contributed by atoms with Gasteiger partial charge in [-0.3, -0.25) is 14.6 Å². The Labute approximate surface area is 201 Å². The molecular formula is C28H35F2N3O. The minimum Gasteiger partial charge on any atom is -0.380 e. The number of rotatable bonds is 6. The number of piperazine rings is 1. The van der Waals surface area contributed by atoms with Gasteiger partial charge in [-0.25, -0.2) is 8.78 Å². The van der Waals surface area contributed by atoms with Crippen molar-refractivity contribution in [3.05, 3.63) is 65.2 Å². The zero-order valence-electron chi connectivity index (χ0n) is 19.8. The average Bonchev–Trinajstić information content (AvgIpc) is 2.87. The van der Waals surface area contributed by atoms with Crippen LogP contribution in [-0.4, -0.2) is 53.8 Å². The maximum Gasteiger partial charge on any atom is 0.155 e. The van der Waals surface area contributed by atoms with Crippen LogP contribution in [0.1, 0.15) is 49.7 Å². The Kier molecular flexibility index (Phi) is 7.26. The number of carbonyl (C=O) groups is 1. The van der Waals surface area contributed by atoms with Gasteiger partial charge < -0.3 is 5.32 Å². The number of Topliss-reactive ketones (excluding diaryl/α,β-unsaturated/α-hetero) is 1. The van der Waals surface area contributed by atoms with E-state index in [0.717, 1.165) is 76.5 Å². The average molecular weight is 468 g/mol. The van der Waals surface area contributed by atoms with Crippen LogP contribution in [0.5, 0.6) is 0 Å². The molecule has 0 amide bonds. The van der Waals surface area contributed by atoms with Crippen molar-refractivity contribution < 1.29 is 13.6 Å². The normalized spacial score (nSPS) is 23.2. The van der Waals surface area contributed by atoms with Crippen LogP contribution in [0.4, 0.5) is 14.5 Å². The van der Waals surface area contributed by atoms with Crippen LogP contribution >= 0.6 is 0 Å². The molecule has 1 saturated heterocycles. The van der Waals surface area contributed by atoms with Gasteiger partial charge >= 0.3 is 0 Å². The predicted octanol–water partition coefficient (Wildman–Crippen LogP) is 5.03. The van der Waals surface area contributed by atoms with Gasteiger partial charge in [0.2, 0.25) is 0 Å². The van der Waals surface area contributed by atoms with Crippen molar-refractivity contribution in [2.75, 3.05) is 31.5 Å². The summed E-state index contributed by atoms with van der Waals surface area (Å²) in [5.74, 6) is -0.451. The van der Waals surface area contributed by atoms with E-state index < -0.39 is 11.6 Å². The smallest absolute Gasteiger partial charge is 0.155 e. The Morgan fingerprint density at radius 2 is 1.74 bits per heavy atom. The van der Waals surface area contributed by atoms with E-state index in [1.54, 1.807) is 0 Å². The Hall–Kier alpha value is -2.31. The fourth-order valence-corrected chi connectivity index (χ4v) is 6.05. The van der Waals surface area contributed by atoms with Crippen molar-refractivity contribution in [2.24, 2.45) is 5.92 Å². The van der Waals surface area contributed by atoms with Crippen molar-refractivity contribution in [1.82, 2.24) is 9.80 Å². The van der Waals surface area contributed by atoms with E-state index in [2.05, 4.69) is 39.4 Å². The van der Waals surface area contributed by atoms with Gasteiger partial charge in [0.15, 0.2) is 5.78 Å². The highest BCUT2D eigenvalue weighted by Gasteiger charge is 2.40. The van der Waals surface area contributed by atoms with E-state index in [9.17, 15) is 13.6 Å². The first kappa shape index (κ1) is 23.4. The number of anilines is 1. The lowest BCUT2D eigenvalue weighted by Gasteiger charge is -2.44. The molecule has 3 aliphatic rings. The molecule has 1 saturated carbocycles. The summed E-state index contributed by atoms with van der Waals surface area (Å²) in [5.41, 5.74) is 3.01. The molecule has 2 unspecified atom stereocenters. The number of nitrogens with zero attached hydrogens (tertiary/aromatic N) is 2. The largest absolute Gasteiger partial charge is 0.380 e. The summed E-state index contributed by atoms with van der Waals surface area (Å²) in [4.78, 5) is 18.5. The van der Waals surface area contributed by atoms with Gasteiger partial charge in [0.25, 0.3) is 0 Å². The standard InChI is InChI=1S/C28H35F2N3O/c29-23-12-10-22(24(30)18-23)19-32-14-16-33(17-15-32)27(28(34)21-7-2-1-3-8-21)26-13-11-20-6-4-5-9-25(20)31-26/h4-6,9-10,12,18,21,26-27,31H,1-3,7-8,11,13-17,19H2. The topological polar surface area (TPSA) is 35.6 Å². The summed E-state index contributed by atoms with van der Waals surface area (Å²) < 4.78 is 27.4. The molecule has 1 N–H and O–H groups in total. The van der Waals surface area contributed by atoms with E-state index in [1.165, 1.54) is 24.1 Å².